The number of nitrogens with zero attached hydrogens (tertiary/aromatic N) is 2. The largest absolute Gasteiger partial charge is 0.478 e. The fourth-order valence-electron chi connectivity index (χ4n) is 1.12. The molecule has 4 heteroatoms. The van der Waals surface area contributed by atoms with Crippen molar-refractivity contribution in [1.82, 2.24) is 9.55 Å². The molecule has 0 bridgehead atoms. The number of hydrogen-bond donors (Lipinski definition) is 1. The SMILES string of the molecule is CCn1cnc(CCC=CC(=O)O)c1. The van der Waals surface area contributed by atoms with Gasteiger partial charge in [0.1, 0.15) is 0 Å². The monoisotopic (exact) mass is 194 g/mol. The summed E-state index contributed by atoms with van der Waals surface area (Å²) in [5, 5.41) is 8.35. The molecule has 0 aliphatic rings. The summed E-state index contributed by atoms with van der Waals surface area (Å²) in [6.07, 6.45) is 8.08. The minimum absolute atomic E-state index is 0.715. The van der Waals surface area contributed by atoms with E-state index in [4.69, 9.17) is 5.11 Å². The van der Waals surface area contributed by atoms with Crippen LogP contribution >= 0.6 is 0 Å². The fraction of sp³-hybridized carbons (Fsp3) is 0.400. The van der Waals surface area contributed by atoms with Gasteiger partial charge in [0.15, 0.2) is 0 Å². The highest BCUT2D eigenvalue weighted by Crippen LogP contribution is 2.00. The van der Waals surface area contributed by atoms with Gasteiger partial charge in [-0.3, -0.25) is 0 Å². The molecule has 14 heavy (non-hydrogen) atoms. The number of aliphatic carboxylic acids is 1. The molecule has 0 saturated carbocycles. The zero-order valence-corrected chi connectivity index (χ0v) is 8.18. The number of imidazole rings is 1. The third-order valence-corrected chi connectivity index (χ3v) is 1.88. The molecule has 0 radical (unpaired) electrons. The van der Waals surface area contributed by atoms with Crippen LogP contribution in [0.4, 0.5) is 0 Å². The number of carboxylic acids is 1. The maximum Gasteiger partial charge on any atom is 0.327 e. The number of allylic oxidation sites excluding steroid dienone is 1. The van der Waals surface area contributed by atoms with Crippen molar-refractivity contribution in [1.29, 1.82) is 0 Å². The van der Waals surface area contributed by atoms with Gasteiger partial charge in [-0.25, -0.2) is 9.78 Å². The van der Waals surface area contributed by atoms with Crippen molar-refractivity contribution in [2.45, 2.75) is 26.3 Å². The van der Waals surface area contributed by atoms with E-state index in [0.717, 1.165) is 24.7 Å². The lowest BCUT2D eigenvalue weighted by molar-refractivity contribution is -0.131. The molecule has 0 aliphatic heterocycles. The Morgan fingerprint density at radius 3 is 3.07 bits per heavy atom. The molecular formula is C10H14N2O2. The molecule has 0 spiro atoms. The molecule has 76 valence electrons. The molecule has 1 N–H and O–H groups in total. The summed E-state index contributed by atoms with van der Waals surface area (Å²) in [5.74, 6) is -0.899. The molecule has 0 amide bonds. The second-order valence-corrected chi connectivity index (χ2v) is 2.97. The van der Waals surface area contributed by atoms with Crippen molar-refractivity contribution < 1.29 is 9.90 Å². The van der Waals surface area contributed by atoms with Crippen LogP contribution in [0.5, 0.6) is 0 Å². The Bertz CT molecular complexity index is 329. The maximum atomic E-state index is 10.2. The van der Waals surface area contributed by atoms with Crippen molar-refractivity contribution in [3.8, 4) is 0 Å². The average Bonchev–Trinajstić information content (AvgIpc) is 2.60. The predicted molar refractivity (Wildman–Crippen MR) is 53.0 cm³/mol. The van der Waals surface area contributed by atoms with Crippen molar-refractivity contribution in [3.05, 3.63) is 30.4 Å². The lowest BCUT2D eigenvalue weighted by Gasteiger charge is -1.91. The third kappa shape index (κ3) is 3.43. The van der Waals surface area contributed by atoms with Gasteiger partial charge >= 0.3 is 5.97 Å². The molecule has 1 aromatic heterocycles. The molecule has 0 unspecified atom stereocenters. The number of carboxylic acid groups (broad SMARTS) is 1. The van der Waals surface area contributed by atoms with E-state index in [0.29, 0.717) is 6.42 Å². The first-order valence-corrected chi connectivity index (χ1v) is 4.62. The van der Waals surface area contributed by atoms with E-state index in [1.165, 1.54) is 0 Å². The van der Waals surface area contributed by atoms with Crippen LogP contribution < -0.4 is 0 Å². The van der Waals surface area contributed by atoms with E-state index in [1.54, 1.807) is 12.4 Å². The number of rotatable bonds is 5. The molecule has 0 saturated heterocycles. The van der Waals surface area contributed by atoms with Crippen LogP contribution in [0.15, 0.2) is 24.7 Å². The second-order valence-electron chi connectivity index (χ2n) is 2.97. The summed E-state index contributed by atoms with van der Waals surface area (Å²) < 4.78 is 2.00. The smallest absolute Gasteiger partial charge is 0.327 e. The first-order valence-electron chi connectivity index (χ1n) is 4.62. The molecule has 1 rings (SSSR count). The summed E-state index contributed by atoms with van der Waals surface area (Å²) in [4.78, 5) is 14.3. The van der Waals surface area contributed by atoms with Crippen LogP contribution in [0, 0.1) is 0 Å². The topological polar surface area (TPSA) is 55.1 Å². The minimum atomic E-state index is -0.899. The van der Waals surface area contributed by atoms with Gasteiger partial charge in [-0.05, 0) is 19.8 Å². The van der Waals surface area contributed by atoms with Gasteiger partial charge in [-0.15, -0.1) is 0 Å². The summed E-state index contributed by atoms with van der Waals surface area (Å²) >= 11 is 0. The minimum Gasteiger partial charge on any atom is -0.478 e. The zero-order valence-electron chi connectivity index (χ0n) is 8.18. The van der Waals surface area contributed by atoms with Crippen molar-refractivity contribution in [3.63, 3.8) is 0 Å². The van der Waals surface area contributed by atoms with E-state index in [9.17, 15) is 4.79 Å². The molecular weight excluding hydrogens is 180 g/mol. The molecule has 4 nitrogen and oxygen atoms in total. The second kappa shape index (κ2) is 5.21. The number of hydrogen-bond acceptors (Lipinski definition) is 2. The standard InChI is InChI=1S/C10H14N2O2/c1-2-12-7-9(11-8-12)5-3-4-6-10(13)14/h4,6-8H,2-3,5H2,1H3,(H,13,14). The first kappa shape index (κ1) is 10.5. The Kier molecular flexibility index (Phi) is 3.91. The van der Waals surface area contributed by atoms with Crippen LogP contribution in [0.1, 0.15) is 19.0 Å². The lowest BCUT2D eigenvalue weighted by Crippen LogP contribution is -1.88. The van der Waals surface area contributed by atoms with Crippen LogP contribution in [0.25, 0.3) is 0 Å². The van der Waals surface area contributed by atoms with Crippen molar-refractivity contribution in [2.24, 2.45) is 0 Å². The fourth-order valence-corrected chi connectivity index (χ4v) is 1.12. The van der Waals surface area contributed by atoms with Gasteiger partial charge in [0.25, 0.3) is 0 Å². The van der Waals surface area contributed by atoms with Crippen LogP contribution in [0.2, 0.25) is 0 Å². The van der Waals surface area contributed by atoms with Gasteiger partial charge in [-0.1, -0.05) is 6.08 Å². The Morgan fingerprint density at radius 2 is 2.50 bits per heavy atom. The third-order valence-electron chi connectivity index (χ3n) is 1.88. The van der Waals surface area contributed by atoms with Crippen LogP contribution in [0.3, 0.4) is 0 Å². The zero-order chi connectivity index (χ0) is 10.4. The van der Waals surface area contributed by atoms with Gasteiger partial charge in [-0.2, -0.15) is 0 Å². The summed E-state index contributed by atoms with van der Waals surface area (Å²) in [6, 6.07) is 0. The van der Waals surface area contributed by atoms with Crippen LogP contribution in [-0.4, -0.2) is 20.6 Å². The highest BCUT2D eigenvalue weighted by atomic mass is 16.4. The predicted octanol–water partition coefficient (Wildman–Crippen LogP) is 1.48. The van der Waals surface area contributed by atoms with Crippen LogP contribution in [-0.2, 0) is 17.8 Å². The Hall–Kier alpha value is -1.58. The van der Waals surface area contributed by atoms with E-state index in [2.05, 4.69) is 11.9 Å². The molecule has 0 aliphatic carbocycles. The molecule has 0 atom stereocenters. The Morgan fingerprint density at radius 1 is 1.71 bits per heavy atom. The van der Waals surface area contributed by atoms with Gasteiger partial charge in [0, 0.05) is 18.8 Å². The Balaban J connectivity index is 2.34. The maximum absolute atomic E-state index is 10.2. The quantitative estimate of drug-likeness (QED) is 0.722. The van der Waals surface area contributed by atoms with Gasteiger partial charge in [0.2, 0.25) is 0 Å². The van der Waals surface area contributed by atoms with E-state index in [-0.39, 0.29) is 0 Å². The number of aryl methyl sites for hydroxylation is 2. The highest BCUT2D eigenvalue weighted by Gasteiger charge is 1.95. The molecule has 1 heterocycles. The summed E-state index contributed by atoms with van der Waals surface area (Å²) in [5.41, 5.74) is 1.00. The van der Waals surface area contributed by atoms with Crippen molar-refractivity contribution in [2.75, 3.05) is 0 Å². The first-order chi connectivity index (χ1) is 6.72. The lowest BCUT2D eigenvalue weighted by atomic mass is 10.2. The van der Waals surface area contributed by atoms with E-state index >= 15 is 0 Å². The van der Waals surface area contributed by atoms with Gasteiger partial charge < -0.3 is 9.67 Å². The average molecular weight is 194 g/mol. The van der Waals surface area contributed by atoms with Gasteiger partial charge in [0.05, 0.1) is 12.0 Å². The molecule has 0 aromatic carbocycles. The summed E-state index contributed by atoms with van der Waals surface area (Å²) in [6.45, 7) is 2.97. The van der Waals surface area contributed by atoms with E-state index < -0.39 is 5.97 Å². The van der Waals surface area contributed by atoms with E-state index in [1.807, 2.05) is 10.8 Å². The number of aromatic nitrogens is 2. The summed E-state index contributed by atoms with van der Waals surface area (Å²) in [7, 11) is 0. The van der Waals surface area contributed by atoms with Crippen molar-refractivity contribution >= 4 is 5.97 Å². The Labute approximate surface area is 82.9 Å². The molecule has 1 aromatic rings. The number of carbonyl (C=O) groups is 1. The normalized spacial score (nSPS) is 10.9. The molecule has 0 fully saturated rings. The highest BCUT2D eigenvalue weighted by molar-refractivity contribution is 5.79.